The summed E-state index contributed by atoms with van der Waals surface area (Å²) in [5, 5.41) is 82.0. The SMILES string of the molecule is CC(=O)Oc1cc(CO)c2c3c1/C=C/c1cccc(c1)C[C@H](O)CC[C@@H](N)C#CCc1c(O[C@H]4O[C@@H](C)[C@@H](O)C(O)(O)[C@H]4OCCN=C(N)N)c(Cc4ccc5c(c4C=O)[C@]4(O)CCCC[C@@H]4CC5)c(O)c(c1C3=O)C2=O. The predicted octanol–water partition coefficient (Wildman–Crippen LogP) is 2.88. The minimum atomic E-state index is -3.11. The van der Waals surface area contributed by atoms with Gasteiger partial charge >= 0.3 is 5.97 Å². The van der Waals surface area contributed by atoms with Gasteiger partial charge in [-0.3, -0.25) is 24.2 Å². The molecule has 4 bridgehead atoms. The molecule has 13 N–H and O–H groups in total. The number of aliphatic imine (C=N–C) groups is 1. The molecule has 77 heavy (non-hydrogen) atoms. The number of aliphatic hydroxyl groups is 6. The molecule has 5 aliphatic rings. The van der Waals surface area contributed by atoms with Gasteiger partial charge in [0.25, 0.3) is 0 Å². The number of carbonyl (C=O) groups excluding carboxylic acids is 4. The molecule has 1 heterocycles. The van der Waals surface area contributed by atoms with E-state index >= 15 is 9.59 Å². The van der Waals surface area contributed by atoms with E-state index in [4.69, 9.17) is 36.1 Å². The number of hydrogen-bond donors (Lipinski definition) is 10. The van der Waals surface area contributed by atoms with Crippen molar-refractivity contribution in [3.63, 3.8) is 0 Å². The van der Waals surface area contributed by atoms with Crippen LogP contribution in [-0.4, -0.2) is 121 Å². The Morgan fingerprint density at radius 1 is 0.961 bits per heavy atom. The van der Waals surface area contributed by atoms with E-state index in [2.05, 4.69) is 16.8 Å². The summed E-state index contributed by atoms with van der Waals surface area (Å²) in [6.07, 6.45) is -0.389. The molecule has 4 aliphatic carbocycles. The third kappa shape index (κ3) is 10.5. The van der Waals surface area contributed by atoms with Crippen molar-refractivity contribution < 1.29 is 73.9 Å². The van der Waals surface area contributed by atoms with Crippen LogP contribution in [0.15, 0.2) is 47.5 Å². The molecular weight excluding hydrogens is 993 g/mol. The largest absolute Gasteiger partial charge is 0.507 e. The number of guanidine groups is 1. The minimum Gasteiger partial charge on any atom is -0.507 e. The number of hydrogen-bond acceptors (Lipinski definition) is 17. The number of ether oxygens (including phenoxy) is 4. The van der Waals surface area contributed by atoms with Gasteiger partial charge < -0.3 is 71.9 Å². The number of rotatable bonds is 11. The average Bonchev–Trinajstić information content (AvgIpc) is 3.55. The molecule has 1 aliphatic heterocycles. The maximum absolute atomic E-state index is 15.9. The Morgan fingerprint density at radius 2 is 1.74 bits per heavy atom. The number of carbonyl (C=O) groups is 4. The fraction of sp³-hybridized carbons (Fsp3) is 0.431. The van der Waals surface area contributed by atoms with E-state index in [1.165, 1.54) is 19.1 Å². The molecule has 8 atom stereocenters. The lowest BCUT2D eigenvalue weighted by Crippen LogP contribution is -2.67. The van der Waals surface area contributed by atoms with Gasteiger partial charge in [-0.2, -0.15) is 0 Å². The number of aliphatic hydroxyl groups excluding tert-OH is 3. The number of aromatic hydroxyl groups is 1. The summed E-state index contributed by atoms with van der Waals surface area (Å²) < 4.78 is 24.5. The van der Waals surface area contributed by atoms with Gasteiger partial charge in [0.1, 0.15) is 23.4 Å². The van der Waals surface area contributed by atoms with Gasteiger partial charge in [0.05, 0.1) is 49.2 Å². The first-order valence-corrected chi connectivity index (χ1v) is 25.9. The van der Waals surface area contributed by atoms with E-state index in [0.29, 0.717) is 43.1 Å². The Balaban J connectivity index is 1.34. The standard InChI is InChI=1S/C58H64N4O15/c1-29-53(70)58(72,73)54(74-22-21-62-56(60)61)55(75-29)77-52-40-11-6-10-37(59)17-18-38(66)24-32-8-5-7-31(23-32)12-19-39-43(76-30(2)65)26-35(27-63)44-45(39)51(69)46(40)47(50(44)68)49(67)41(52)25-34-14-13-33-15-16-36-9-3-4-20-57(36,71)48(33)42(34)28-64/h5,7-8,12-14,19,23,26,28-29,36-38,53-55,63,66-67,70-73H,3-4,9,11,15-18,20-22,24-25,27,59H2,1-2H3,(H4,60,61,62)/b19-12+/t29-,36+,37-,38+,53+,54-,55+,57-/m0/s1. The topological polar surface area (TPSA) is 337 Å². The van der Waals surface area contributed by atoms with Crippen LogP contribution < -0.4 is 26.7 Å². The fourth-order valence-electron chi connectivity index (χ4n) is 11.9. The number of nitrogens with zero attached hydrogens (tertiary/aromatic N) is 1. The summed E-state index contributed by atoms with van der Waals surface area (Å²) in [7, 11) is 0. The van der Waals surface area contributed by atoms with Crippen molar-refractivity contribution >= 4 is 41.9 Å². The van der Waals surface area contributed by atoms with Crippen molar-refractivity contribution in [2.75, 3.05) is 13.2 Å². The van der Waals surface area contributed by atoms with Gasteiger partial charge in [0, 0.05) is 58.7 Å². The lowest BCUT2D eigenvalue weighted by atomic mass is 9.63. The predicted molar refractivity (Wildman–Crippen MR) is 280 cm³/mol. The highest BCUT2D eigenvalue weighted by Gasteiger charge is 2.56. The molecule has 4 aromatic carbocycles. The number of esters is 1. The van der Waals surface area contributed by atoms with Gasteiger partial charge in [-0.25, -0.2) is 0 Å². The summed E-state index contributed by atoms with van der Waals surface area (Å²) in [5.74, 6) is -1.52. The molecule has 0 amide bonds. The van der Waals surface area contributed by atoms with Crippen LogP contribution in [0, 0.1) is 17.8 Å². The number of phenols is 1. The van der Waals surface area contributed by atoms with Crippen molar-refractivity contribution in [3.8, 4) is 29.1 Å². The number of aryl methyl sites for hydroxylation is 1. The Morgan fingerprint density at radius 3 is 2.48 bits per heavy atom. The Hall–Kier alpha value is -6.83. The zero-order chi connectivity index (χ0) is 55.1. The van der Waals surface area contributed by atoms with E-state index in [1.807, 2.05) is 18.2 Å². The second-order valence-corrected chi connectivity index (χ2v) is 20.6. The first kappa shape index (κ1) is 54.9. The number of nitrogens with two attached hydrogens (primary N) is 3. The van der Waals surface area contributed by atoms with E-state index in [9.17, 15) is 45.3 Å². The second kappa shape index (κ2) is 22.3. The van der Waals surface area contributed by atoms with Crippen LogP contribution in [0.3, 0.4) is 0 Å². The fourth-order valence-corrected chi connectivity index (χ4v) is 11.9. The molecule has 4 aromatic rings. The summed E-state index contributed by atoms with van der Waals surface area (Å²) in [5.41, 5.74) is 17.2. The molecule has 406 valence electrons. The average molecular weight is 1060 g/mol. The molecule has 0 spiro atoms. The third-order valence-electron chi connectivity index (χ3n) is 15.5. The van der Waals surface area contributed by atoms with Crippen LogP contribution in [0.5, 0.6) is 17.2 Å². The monoisotopic (exact) mass is 1060 g/mol. The van der Waals surface area contributed by atoms with Gasteiger partial charge in [-0.05, 0) is 103 Å². The highest BCUT2D eigenvalue weighted by molar-refractivity contribution is 6.32. The highest BCUT2D eigenvalue weighted by Crippen LogP contribution is 2.52. The van der Waals surface area contributed by atoms with Gasteiger partial charge in [-0.1, -0.05) is 67.2 Å². The number of ketones is 2. The Labute approximate surface area is 444 Å². The molecule has 19 nitrogen and oxygen atoms in total. The maximum Gasteiger partial charge on any atom is 0.308 e. The highest BCUT2D eigenvalue weighted by atomic mass is 16.7. The summed E-state index contributed by atoms with van der Waals surface area (Å²) in [4.78, 5) is 61.8. The Bertz CT molecular complexity index is 3150. The van der Waals surface area contributed by atoms with Crippen molar-refractivity contribution in [2.45, 2.75) is 139 Å². The quantitative estimate of drug-likeness (QED) is 0.0133. The van der Waals surface area contributed by atoms with Crippen LogP contribution in [0.4, 0.5) is 0 Å². The minimum absolute atomic E-state index is 0.0466. The molecule has 19 heteroatoms. The number of fused-ring (bicyclic) bond motifs is 5. The van der Waals surface area contributed by atoms with Crippen molar-refractivity contribution in [2.24, 2.45) is 28.1 Å². The Kier molecular flexibility index (Phi) is 15.9. The van der Waals surface area contributed by atoms with Gasteiger partial charge in [0.2, 0.25) is 12.1 Å². The molecule has 1 saturated heterocycles. The van der Waals surface area contributed by atoms with E-state index in [0.717, 1.165) is 30.9 Å². The summed E-state index contributed by atoms with van der Waals surface area (Å²) in [6, 6.07) is 11.1. The van der Waals surface area contributed by atoms with Crippen molar-refractivity contribution in [3.05, 3.63) is 120 Å². The van der Waals surface area contributed by atoms with E-state index < -0.39 is 102 Å². The molecule has 0 aromatic heterocycles. The molecule has 0 radical (unpaired) electrons. The van der Waals surface area contributed by atoms with Crippen LogP contribution >= 0.6 is 0 Å². The molecule has 2 fully saturated rings. The molecular formula is C58H64N4O15. The smallest absolute Gasteiger partial charge is 0.308 e. The number of aldehydes is 1. The van der Waals surface area contributed by atoms with E-state index in [1.54, 1.807) is 24.3 Å². The number of phenolic OH excluding ortho intramolecular Hbond substituents is 1. The van der Waals surface area contributed by atoms with Crippen LogP contribution in [-0.2, 0) is 52.2 Å². The maximum atomic E-state index is 15.9. The lowest BCUT2D eigenvalue weighted by Gasteiger charge is -2.46. The molecule has 9 rings (SSSR count). The first-order valence-electron chi connectivity index (χ1n) is 25.9. The zero-order valence-electron chi connectivity index (χ0n) is 42.8. The van der Waals surface area contributed by atoms with Crippen molar-refractivity contribution in [1.82, 2.24) is 0 Å². The third-order valence-corrected chi connectivity index (χ3v) is 15.5. The molecule has 0 unspecified atom stereocenters. The zero-order valence-corrected chi connectivity index (χ0v) is 42.8. The van der Waals surface area contributed by atoms with Crippen molar-refractivity contribution in [1.29, 1.82) is 0 Å². The van der Waals surface area contributed by atoms with Crippen LogP contribution in [0.1, 0.15) is 151 Å². The van der Waals surface area contributed by atoms with E-state index in [-0.39, 0.29) is 100 Å². The van der Waals surface area contributed by atoms with Crippen LogP contribution in [0.25, 0.3) is 12.2 Å². The van der Waals surface area contributed by atoms with Crippen LogP contribution in [0.2, 0.25) is 0 Å². The first-order chi connectivity index (χ1) is 36.8. The van der Waals surface area contributed by atoms with Gasteiger partial charge in [-0.15, -0.1) is 0 Å². The normalized spacial score (nSPS) is 25.9. The van der Waals surface area contributed by atoms with Gasteiger partial charge in [0.15, 0.2) is 29.9 Å². The second-order valence-electron chi connectivity index (χ2n) is 20.6. The lowest BCUT2D eigenvalue weighted by molar-refractivity contribution is -0.378. The summed E-state index contributed by atoms with van der Waals surface area (Å²) in [6.45, 7) is 1.07. The summed E-state index contributed by atoms with van der Waals surface area (Å²) >= 11 is 0. The molecule has 1 saturated carbocycles. The number of benzene rings is 4.